The highest BCUT2D eigenvalue weighted by Gasteiger charge is 2.15. The molecule has 1 aromatic heterocycles. The molecular formula is C9H13BrN4S. The van der Waals surface area contributed by atoms with Crippen molar-refractivity contribution in [2.45, 2.75) is 6.42 Å². The number of rotatable bonds is 1. The summed E-state index contributed by atoms with van der Waals surface area (Å²) in [6.07, 6.45) is 2.72. The minimum atomic E-state index is 0.511. The molecule has 1 aliphatic heterocycles. The third kappa shape index (κ3) is 2.55. The smallest absolute Gasteiger partial charge is 0.148 e. The van der Waals surface area contributed by atoms with Crippen LogP contribution in [0.4, 0.5) is 11.6 Å². The van der Waals surface area contributed by atoms with Gasteiger partial charge in [-0.25, -0.2) is 9.97 Å². The van der Waals surface area contributed by atoms with E-state index in [0.717, 1.165) is 29.1 Å². The molecule has 0 radical (unpaired) electrons. The molecule has 0 aliphatic carbocycles. The lowest BCUT2D eigenvalue weighted by atomic mass is 10.4. The number of anilines is 2. The van der Waals surface area contributed by atoms with E-state index in [4.69, 9.17) is 5.73 Å². The van der Waals surface area contributed by atoms with Gasteiger partial charge in [0.25, 0.3) is 0 Å². The average Bonchev–Trinajstić information content (AvgIpc) is 2.50. The molecule has 1 aromatic rings. The van der Waals surface area contributed by atoms with Gasteiger partial charge in [0.2, 0.25) is 0 Å². The topological polar surface area (TPSA) is 55.0 Å². The summed E-state index contributed by atoms with van der Waals surface area (Å²) in [7, 11) is 0. The van der Waals surface area contributed by atoms with E-state index in [1.54, 1.807) is 0 Å². The first kappa shape index (κ1) is 11.0. The van der Waals surface area contributed by atoms with E-state index in [1.807, 2.05) is 11.8 Å². The van der Waals surface area contributed by atoms with Crippen molar-refractivity contribution in [3.63, 3.8) is 0 Å². The minimum absolute atomic E-state index is 0.511. The first-order valence-electron chi connectivity index (χ1n) is 4.87. The fraction of sp³-hybridized carbons (Fsp3) is 0.556. The molecule has 4 nitrogen and oxygen atoms in total. The second kappa shape index (κ2) is 5.03. The second-order valence-electron chi connectivity index (χ2n) is 3.35. The van der Waals surface area contributed by atoms with E-state index >= 15 is 0 Å². The molecule has 15 heavy (non-hydrogen) atoms. The van der Waals surface area contributed by atoms with E-state index in [9.17, 15) is 0 Å². The summed E-state index contributed by atoms with van der Waals surface area (Å²) in [6.45, 7) is 2.07. The van der Waals surface area contributed by atoms with Crippen LogP contribution in [0.2, 0.25) is 0 Å². The lowest BCUT2D eigenvalue weighted by Gasteiger charge is -2.22. The Morgan fingerprint density at radius 3 is 3.07 bits per heavy atom. The van der Waals surface area contributed by atoms with Crippen molar-refractivity contribution in [2.75, 3.05) is 35.2 Å². The fourth-order valence-electron chi connectivity index (χ4n) is 1.55. The van der Waals surface area contributed by atoms with Gasteiger partial charge >= 0.3 is 0 Å². The number of hydrogen-bond acceptors (Lipinski definition) is 5. The second-order valence-corrected chi connectivity index (χ2v) is 5.37. The monoisotopic (exact) mass is 288 g/mol. The van der Waals surface area contributed by atoms with Crippen molar-refractivity contribution in [1.82, 2.24) is 9.97 Å². The van der Waals surface area contributed by atoms with Crippen LogP contribution in [0.15, 0.2) is 10.8 Å². The Labute approximate surface area is 102 Å². The van der Waals surface area contributed by atoms with Gasteiger partial charge in [0.05, 0.1) is 0 Å². The standard InChI is InChI=1S/C9H13BrN4S/c10-7-8(11)12-6-13-9(7)14-2-1-4-15-5-3-14/h6H,1-5H2,(H2,11,12,13). The third-order valence-electron chi connectivity index (χ3n) is 2.32. The Morgan fingerprint density at radius 1 is 1.33 bits per heavy atom. The Kier molecular flexibility index (Phi) is 3.69. The number of hydrogen-bond donors (Lipinski definition) is 1. The fourth-order valence-corrected chi connectivity index (χ4v) is 2.89. The number of nitrogen functional groups attached to an aromatic ring is 1. The number of thioether (sulfide) groups is 1. The molecule has 82 valence electrons. The van der Waals surface area contributed by atoms with Crippen LogP contribution in [0.3, 0.4) is 0 Å². The molecule has 0 unspecified atom stereocenters. The average molecular weight is 289 g/mol. The highest BCUT2D eigenvalue weighted by atomic mass is 79.9. The largest absolute Gasteiger partial charge is 0.383 e. The normalized spacial score (nSPS) is 17.5. The van der Waals surface area contributed by atoms with Crippen LogP contribution >= 0.6 is 27.7 Å². The minimum Gasteiger partial charge on any atom is -0.383 e. The van der Waals surface area contributed by atoms with Crippen LogP contribution in [0.5, 0.6) is 0 Å². The summed E-state index contributed by atoms with van der Waals surface area (Å²) in [5.74, 6) is 3.81. The van der Waals surface area contributed by atoms with Crippen LogP contribution in [0, 0.1) is 0 Å². The number of halogens is 1. The zero-order valence-corrected chi connectivity index (χ0v) is 10.7. The van der Waals surface area contributed by atoms with E-state index in [0.29, 0.717) is 5.82 Å². The van der Waals surface area contributed by atoms with Crippen molar-refractivity contribution in [3.8, 4) is 0 Å². The van der Waals surface area contributed by atoms with Crippen molar-refractivity contribution in [2.24, 2.45) is 0 Å². The molecule has 1 aliphatic rings. The Balaban J connectivity index is 2.23. The molecule has 2 rings (SSSR count). The van der Waals surface area contributed by atoms with Crippen LogP contribution in [0.1, 0.15) is 6.42 Å². The maximum Gasteiger partial charge on any atom is 0.148 e. The van der Waals surface area contributed by atoms with Crippen LogP contribution in [-0.4, -0.2) is 34.6 Å². The van der Waals surface area contributed by atoms with Crippen LogP contribution in [-0.2, 0) is 0 Å². The quantitative estimate of drug-likeness (QED) is 0.854. The molecule has 6 heteroatoms. The van der Waals surface area contributed by atoms with Gasteiger partial charge in [0.15, 0.2) is 0 Å². The number of nitrogens with two attached hydrogens (primary N) is 1. The van der Waals surface area contributed by atoms with Gasteiger partial charge in [0.1, 0.15) is 22.4 Å². The summed E-state index contributed by atoms with van der Waals surface area (Å²) in [6, 6.07) is 0. The molecule has 0 atom stereocenters. The summed E-state index contributed by atoms with van der Waals surface area (Å²) in [5.41, 5.74) is 5.74. The molecule has 0 aromatic carbocycles. The molecule has 0 bridgehead atoms. The Hall–Kier alpha value is -0.490. The van der Waals surface area contributed by atoms with Crippen molar-refractivity contribution >= 4 is 39.3 Å². The van der Waals surface area contributed by atoms with Crippen molar-refractivity contribution in [3.05, 3.63) is 10.8 Å². The number of nitrogens with zero attached hydrogens (tertiary/aromatic N) is 3. The third-order valence-corrected chi connectivity index (χ3v) is 4.13. The summed E-state index contributed by atoms with van der Waals surface area (Å²) >= 11 is 5.44. The Bertz CT molecular complexity index is 339. The van der Waals surface area contributed by atoms with Crippen molar-refractivity contribution in [1.29, 1.82) is 0 Å². The maximum atomic E-state index is 5.74. The zero-order chi connectivity index (χ0) is 10.7. The van der Waals surface area contributed by atoms with Gasteiger partial charge in [0, 0.05) is 18.8 Å². The van der Waals surface area contributed by atoms with Gasteiger partial charge in [-0.15, -0.1) is 0 Å². The SMILES string of the molecule is Nc1ncnc(N2CCCSCC2)c1Br. The van der Waals surface area contributed by atoms with E-state index in [-0.39, 0.29) is 0 Å². The highest BCUT2D eigenvalue weighted by molar-refractivity contribution is 9.10. The molecule has 0 amide bonds. The summed E-state index contributed by atoms with van der Waals surface area (Å²) in [4.78, 5) is 10.5. The first-order chi connectivity index (χ1) is 7.29. The van der Waals surface area contributed by atoms with Gasteiger partial charge in [-0.1, -0.05) is 0 Å². The molecule has 1 saturated heterocycles. The molecule has 0 saturated carbocycles. The molecule has 1 fully saturated rings. The molecular weight excluding hydrogens is 276 g/mol. The summed E-state index contributed by atoms with van der Waals surface area (Å²) in [5, 5.41) is 0. The highest BCUT2D eigenvalue weighted by Crippen LogP contribution is 2.28. The van der Waals surface area contributed by atoms with Gasteiger partial charge in [-0.2, -0.15) is 11.8 Å². The lowest BCUT2D eigenvalue weighted by Crippen LogP contribution is -2.27. The predicted molar refractivity (Wildman–Crippen MR) is 68.3 cm³/mol. The maximum absolute atomic E-state index is 5.74. The molecule has 2 heterocycles. The van der Waals surface area contributed by atoms with Gasteiger partial charge < -0.3 is 10.6 Å². The van der Waals surface area contributed by atoms with Crippen LogP contribution in [0.25, 0.3) is 0 Å². The zero-order valence-electron chi connectivity index (χ0n) is 8.32. The van der Waals surface area contributed by atoms with Gasteiger partial charge in [-0.3, -0.25) is 0 Å². The molecule has 0 spiro atoms. The van der Waals surface area contributed by atoms with E-state index in [2.05, 4.69) is 30.8 Å². The van der Waals surface area contributed by atoms with Crippen molar-refractivity contribution < 1.29 is 0 Å². The van der Waals surface area contributed by atoms with Crippen LogP contribution < -0.4 is 10.6 Å². The Morgan fingerprint density at radius 2 is 2.20 bits per heavy atom. The van der Waals surface area contributed by atoms with E-state index in [1.165, 1.54) is 18.5 Å². The van der Waals surface area contributed by atoms with E-state index < -0.39 is 0 Å². The molecule has 2 N–H and O–H groups in total. The first-order valence-corrected chi connectivity index (χ1v) is 6.82. The predicted octanol–water partition coefficient (Wildman–Crippen LogP) is 1.76. The summed E-state index contributed by atoms with van der Waals surface area (Å²) < 4.78 is 0.817. The van der Waals surface area contributed by atoms with Gasteiger partial charge in [-0.05, 0) is 28.1 Å². The lowest BCUT2D eigenvalue weighted by molar-refractivity contribution is 0.796. The number of aromatic nitrogens is 2.